The Balaban J connectivity index is 1.79. The van der Waals surface area contributed by atoms with E-state index in [1.807, 2.05) is 0 Å². The third-order valence-corrected chi connectivity index (χ3v) is 3.97. The highest BCUT2D eigenvalue weighted by molar-refractivity contribution is 7.81. The fourth-order valence-corrected chi connectivity index (χ4v) is 2.89. The van der Waals surface area contributed by atoms with Crippen LogP contribution in [0.1, 0.15) is 32.1 Å². The number of piperidine rings is 1. The summed E-state index contributed by atoms with van der Waals surface area (Å²) in [5.41, 5.74) is 0. The van der Waals surface area contributed by atoms with Crippen molar-refractivity contribution < 1.29 is 0 Å². The van der Waals surface area contributed by atoms with Gasteiger partial charge < -0.3 is 15.1 Å². The number of hydrogen-bond acceptors (Lipinski definition) is 2. The molecule has 0 saturated carbocycles. The zero-order valence-corrected chi connectivity index (χ0v) is 11.2. The van der Waals surface area contributed by atoms with Crippen molar-refractivity contribution in [1.82, 2.24) is 15.1 Å². The van der Waals surface area contributed by atoms with Crippen molar-refractivity contribution in [2.24, 2.45) is 0 Å². The van der Waals surface area contributed by atoms with Crippen molar-refractivity contribution in [2.45, 2.75) is 32.1 Å². The third-order valence-electron chi connectivity index (χ3n) is 3.25. The Bertz CT molecular complexity index is 268. The van der Waals surface area contributed by atoms with Gasteiger partial charge in [0.25, 0.3) is 0 Å². The Morgan fingerprint density at radius 3 is 1.50 bits per heavy atom. The molecule has 90 valence electrons. The van der Waals surface area contributed by atoms with Crippen LogP contribution in [0.25, 0.3) is 0 Å². The van der Waals surface area contributed by atoms with Gasteiger partial charge in [0.05, 0.1) is 0 Å². The maximum Gasteiger partial charge on any atom is 0.175 e. The minimum absolute atomic E-state index is 0.813. The van der Waals surface area contributed by atoms with E-state index in [0.717, 1.165) is 36.4 Å². The fourth-order valence-electron chi connectivity index (χ4n) is 2.27. The number of rotatable bonds is 0. The molecule has 3 nitrogen and oxygen atoms in total. The van der Waals surface area contributed by atoms with Crippen molar-refractivity contribution in [3.8, 4) is 0 Å². The highest BCUT2D eigenvalue weighted by Crippen LogP contribution is 2.10. The Hall–Kier alpha value is -0.420. The molecule has 0 aromatic rings. The molecule has 0 aliphatic carbocycles. The highest BCUT2D eigenvalue weighted by atomic mass is 32.1. The lowest BCUT2D eigenvalue weighted by atomic mass is 10.1. The molecular weight excluding hydrogens is 238 g/mol. The number of nitrogens with zero attached hydrogens (tertiary/aromatic N) is 2. The third kappa shape index (κ3) is 3.04. The van der Waals surface area contributed by atoms with Gasteiger partial charge in [-0.3, -0.25) is 0 Å². The lowest BCUT2D eigenvalue weighted by Crippen LogP contribution is -2.48. The van der Waals surface area contributed by atoms with Crippen molar-refractivity contribution in [1.29, 1.82) is 0 Å². The van der Waals surface area contributed by atoms with E-state index in [1.54, 1.807) is 0 Å². The van der Waals surface area contributed by atoms with E-state index in [0.29, 0.717) is 0 Å². The van der Waals surface area contributed by atoms with Gasteiger partial charge in [-0.25, -0.2) is 0 Å². The minimum Gasteiger partial charge on any atom is -0.349 e. The van der Waals surface area contributed by atoms with Gasteiger partial charge in [-0.15, -0.1) is 0 Å². The minimum atomic E-state index is 0.813. The van der Waals surface area contributed by atoms with Crippen molar-refractivity contribution in [3.05, 3.63) is 0 Å². The molecule has 0 atom stereocenters. The number of likely N-dealkylation sites (tertiary alicyclic amines) is 2. The summed E-state index contributed by atoms with van der Waals surface area (Å²) in [6.45, 7) is 4.31. The molecular formula is C11H19N3S2. The summed E-state index contributed by atoms with van der Waals surface area (Å²) in [6.07, 6.45) is 6.32. The first-order chi connectivity index (χ1) is 7.77. The van der Waals surface area contributed by atoms with Crippen LogP contribution in [0.5, 0.6) is 0 Å². The molecule has 0 aromatic carbocycles. The second-order valence-corrected chi connectivity index (χ2v) is 5.25. The summed E-state index contributed by atoms with van der Waals surface area (Å²) >= 11 is 10.7. The first kappa shape index (κ1) is 12.0. The number of nitrogens with one attached hydrogen (secondary N) is 1. The maximum atomic E-state index is 5.39. The molecule has 0 aromatic heterocycles. The average Bonchev–Trinajstić information content (AvgIpc) is 2.83. The molecule has 0 radical (unpaired) electrons. The molecule has 2 aliphatic heterocycles. The summed E-state index contributed by atoms with van der Waals surface area (Å²) in [6, 6.07) is 0. The van der Waals surface area contributed by atoms with Gasteiger partial charge in [0.2, 0.25) is 0 Å². The van der Waals surface area contributed by atoms with Crippen molar-refractivity contribution >= 4 is 34.7 Å². The van der Waals surface area contributed by atoms with E-state index >= 15 is 0 Å². The first-order valence-electron chi connectivity index (χ1n) is 6.12. The van der Waals surface area contributed by atoms with Gasteiger partial charge in [-0.05, 0) is 56.5 Å². The molecule has 0 bridgehead atoms. The Labute approximate surface area is 108 Å². The van der Waals surface area contributed by atoms with Crippen molar-refractivity contribution in [3.63, 3.8) is 0 Å². The first-order valence-corrected chi connectivity index (χ1v) is 6.94. The van der Waals surface area contributed by atoms with E-state index < -0.39 is 0 Å². The Morgan fingerprint density at radius 2 is 1.06 bits per heavy atom. The smallest absolute Gasteiger partial charge is 0.175 e. The predicted molar refractivity (Wildman–Crippen MR) is 74.6 cm³/mol. The summed E-state index contributed by atoms with van der Waals surface area (Å²) < 4.78 is 0. The molecule has 0 spiro atoms. The van der Waals surface area contributed by atoms with Crippen LogP contribution < -0.4 is 5.32 Å². The second-order valence-electron chi connectivity index (χ2n) is 4.48. The largest absolute Gasteiger partial charge is 0.349 e. The topological polar surface area (TPSA) is 18.5 Å². The summed E-state index contributed by atoms with van der Waals surface area (Å²) in [4.78, 5) is 4.45. The van der Waals surface area contributed by atoms with Crippen LogP contribution in [0.3, 0.4) is 0 Å². The lowest BCUT2D eigenvalue weighted by Gasteiger charge is -2.30. The van der Waals surface area contributed by atoms with E-state index in [1.165, 1.54) is 32.1 Å². The number of hydrogen-bond donors (Lipinski definition) is 1. The van der Waals surface area contributed by atoms with Crippen LogP contribution in [0.15, 0.2) is 0 Å². The van der Waals surface area contributed by atoms with Gasteiger partial charge in [-0.2, -0.15) is 0 Å². The van der Waals surface area contributed by atoms with Crippen molar-refractivity contribution in [2.75, 3.05) is 26.2 Å². The highest BCUT2D eigenvalue weighted by Gasteiger charge is 2.18. The SMILES string of the molecule is S=C(NC(=S)N1CCCC1)N1CCCCC1. The molecule has 2 rings (SSSR count). The quantitative estimate of drug-likeness (QED) is 0.664. The molecule has 2 saturated heterocycles. The van der Waals surface area contributed by atoms with Crippen LogP contribution in [0, 0.1) is 0 Å². The molecule has 2 fully saturated rings. The van der Waals surface area contributed by atoms with Crippen LogP contribution in [0.4, 0.5) is 0 Å². The predicted octanol–water partition coefficient (Wildman–Crippen LogP) is 1.73. The van der Waals surface area contributed by atoms with Crippen LogP contribution in [-0.4, -0.2) is 46.2 Å². The Kier molecular flexibility index (Phi) is 4.35. The molecule has 2 heterocycles. The molecule has 16 heavy (non-hydrogen) atoms. The fraction of sp³-hybridized carbons (Fsp3) is 0.818. The monoisotopic (exact) mass is 257 g/mol. The van der Waals surface area contributed by atoms with Gasteiger partial charge in [0.1, 0.15) is 0 Å². The molecule has 5 heteroatoms. The molecule has 0 amide bonds. The zero-order valence-electron chi connectivity index (χ0n) is 9.57. The second kappa shape index (κ2) is 5.77. The summed E-state index contributed by atoms with van der Waals surface area (Å²) in [7, 11) is 0. The van der Waals surface area contributed by atoms with Gasteiger partial charge in [0.15, 0.2) is 10.2 Å². The van der Waals surface area contributed by atoms with Crippen LogP contribution in [-0.2, 0) is 0 Å². The van der Waals surface area contributed by atoms with Gasteiger partial charge in [-0.1, -0.05) is 0 Å². The maximum absolute atomic E-state index is 5.39. The summed E-state index contributed by atoms with van der Waals surface area (Å²) in [5.74, 6) is 0. The molecule has 2 aliphatic rings. The van der Waals surface area contributed by atoms with Crippen LogP contribution in [0.2, 0.25) is 0 Å². The molecule has 0 unspecified atom stereocenters. The molecule has 1 N–H and O–H groups in total. The van der Waals surface area contributed by atoms with E-state index in [9.17, 15) is 0 Å². The van der Waals surface area contributed by atoms with E-state index in [4.69, 9.17) is 24.4 Å². The van der Waals surface area contributed by atoms with E-state index in [-0.39, 0.29) is 0 Å². The number of thiocarbonyl (C=S) groups is 2. The van der Waals surface area contributed by atoms with E-state index in [2.05, 4.69) is 15.1 Å². The normalized spacial score (nSPS) is 21.0. The average molecular weight is 257 g/mol. The Morgan fingerprint density at radius 1 is 0.688 bits per heavy atom. The lowest BCUT2D eigenvalue weighted by molar-refractivity contribution is 0.340. The van der Waals surface area contributed by atoms with Gasteiger partial charge in [0, 0.05) is 26.2 Å². The van der Waals surface area contributed by atoms with Gasteiger partial charge >= 0.3 is 0 Å². The zero-order chi connectivity index (χ0) is 11.4. The van der Waals surface area contributed by atoms with Crippen LogP contribution >= 0.6 is 24.4 Å². The standard InChI is InChI=1S/C11H19N3S2/c15-10(13-6-2-1-3-7-13)12-11(16)14-8-4-5-9-14/h1-9H2,(H,12,15,16). The summed E-state index contributed by atoms with van der Waals surface area (Å²) in [5, 5.41) is 4.84.